The molecule has 0 aromatic rings. The highest BCUT2D eigenvalue weighted by Crippen LogP contribution is 2.22. The molecule has 20 heavy (non-hydrogen) atoms. The van der Waals surface area contributed by atoms with Crippen molar-refractivity contribution in [3.63, 3.8) is 0 Å². The van der Waals surface area contributed by atoms with E-state index in [1.54, 1.807) is 0 Å². The second kappa shape index (κ2) is 7.21. The summed E-state index contributed by atoms with van der Waals surface area (Å²) in [5.41, 5.74) is 0. The summed E-state index contributed by atoms with van der Waals surface area (Å²) >= 11 is 0. The maximum atomic E-state index is 12.5. The fraction of sp³-hybridized carbons (Fsp3) is 0.875. The first-order chi connectivity index (χ1) is 9.23. The summed E-state index contributed by atoms with van der Waals surface area (Å²) < 4.78 is 0. The monoisotopic (exact) mass is 282 g/mol. The fourth-order valence-electron chi connectivity index (χ4n) is 2.80. The lowest BCUT2D eigenvalue weighted by Crippen LogP contribution is -2.48. The van der Waals surface area contributed by atoms with Crippen LogP contribution in [0.4, 0.5) is 0 Å². The van der Waals surface area contributed by atoms with Crippen molar-refractivity contribution < 1.29 is 9.59 Å². The van der Waals surface area contributed by atoms with Crippen molar-refractivity contribution in [1.29, 1.82) is 0 Å². The lowest BCUT2D eigenvalue weighted by atomic mass is 9.93. The van der Waals surface area contributed by atoms with Crippen LogP contribution in [0.25, 0.3) is 0 Å². The van der Waals surface area contributed by atoms with Gasteiger partial charge < -0.3 is 10.2 Å². The van der Waals surface area contributed by atoms with Gasteiger partial charge in [-0.25, -0.2) is 0 Å². The predicted octanol–water partition coefficient (Wildman–Crippen LogP) is 2.23. The molecule has 1 rings (SSSR count). The van der Waals surface area contributed by atoms with E-state index in [0.717, 1.165) is 12.8 Å². The molecule has 1 fully saturated rings. The predicted molar refractivity (Wildman–Crippen MR) is 81.5 cm³/mol. The number of ketones is 1. The average molecular weight is 282 g/mol. The van der Waals surface area contributed by atoms with Crippen LogP contribution < -0.4 is 5.32 Å². The minimum Gasteiger partial charge on any atom is -0.331 e. The van der Waals surface area contributed by atoms with Crippen molar-refractivity contribution in [3.8, 4) is 0 Å². The Labute approximate surface area is 123 Å². The number of rotatable bonds is 7. The molecule has 0 spiro atoms. The molecule has 0 saturated carbocycles. The molecular weight excluding hydrogens is 252 g/mol. The van der Waals surface area contributed by atoms with Gasteiger partial charge >= 0.3 is 0 Å². The van der Waals surface area contributed by atoms with Crippen LogP contribution in [0, 0.1) is 11.8 Å². The minimum absolute atomic E-state index is 0.0244. The number of carbonyl (C=O) groups is 2. The highest BCUT2D eigenvalue weighted by Gasteiger charge is 2.39. The van der Waals surface area contributed by atoms with Crippen LogP contribution >= 0.6 is 0 Å². The van der Waals surface area contributed by atoms with Gasteiger partial charge in [-0.2, -0.15) is 0 Å². The van der Waals surface area contributed by atoms with Gasteiger partial charge in [-0.1, -0.05) is 41.5 Å². The Bertz CT molecular complexity index is 350. The highest BCUT2D eigenvalue weighted by molar-refractivity contribution is 5.92. The van der Waals surface area contributed by atoms with E-state index < -0.39 is 0 Å². The molecule has 2 unspecified atom stereocenters. The van der Waals surface area contributed by atoms with Crippen molar-refractivity contribution in [2.24, 2.45) is 11.8 Å². The third-order valence-electron chi connectivity index (χ3n) is 3.74. The van der Waals surface area contributed by atoms with E-state index in [-0.39, 0.29) is 35.7 Å². The molecule has 4 nitrogen and oxygen atoms in total. The Morgan fingerprint density at radius 3 is 2.30 bits per heavy atom. The second-order valence-corrected chi connectivity index (χ2v) is 6.90. The van der Waals surface area contributed by atoms with Crippen LogP contribution in [0.15, 0.2) is 0 Å². The Morgan fingerprint density at radius 2 is 1.85 bits per heavy atom. The van der Waals surface area contributed by atoms with E-state index in [9.17, 15) is 9.59 Å². The van der Waals surface area contributed by atoms with E-state index in [0.29, 0.717) is 12.5 Å². The number of Topliss-reactive ketones (excluding diaryl/α,β-unsaturated/α-hetero) is 1. The smallest absolute Gasteiger partial charge is 0.240 e. The number of carbonyl (C=O) groups excluding carboxylic acids is 2. The Kier molecular flexibility index (Phi) is 6.18. The molecule has 1 aliphatic rings. The first kappa shape index (κ1) is 17.2. The maximum Gasteiger partial charge on any atom is 0.240 e. The number of nitrogens with zero attached hydrogens (tertiary/aromatic N) is 1. The first-order valence-corrected chi connectivity index (χ1v) is 7.84. The molecule has 1 amide bonds. The summed E-state index contributed by atoms with van der Waals surface area (Å²) in [6.45, 7) is 12.8. The van der Waals surface area contributed by atoms with E-state index in [1.807, 2.05) is 32.6 Å². The lowest BCUT2D eigenvalue weighted by molar-refractivity contribution is -0.139. The van der Waals surface area contributed by atoms with Gasteiger partial charge in [0.1, 0.15) is 0 Å². The van der Waals surface area contributed by atoms with Crippen LogP contribution in [0.2, 0.25) is 0 Å². The van der Waals surface area contributed by atoms with Crippen molar-refractivity contribution in [1.82, 2.24) is 10.2 Å². The molecule has 0 radical (unpaired) electrons. The molecule has 1 aliphatic heterocycles. The van der Waals surface area contributed by atoms with Gasteiger partial charge in [0.05, 0.1) is 12.1 Å². The van der Waals surface area contributed by atoms with Gasteiger partial charge in [0.2, 0.25) is 5.91 Å². The van der Waals surface area contributed by atoms with E-state index in [4.69, 9.17) is 0 Å². The molecule has 0 aromatic carbocycles. The number of hydrogen-bond donors (Lipinski definition) is 1. The zero-order chi connectivity index (χ0) is 15.4. The van der Waals surface area contributed by atoms with Gasteiger partial charge in [-0.05, 0) is 18.8 Å². The molecule has 0 aromatic heterocycles. The summed E-state index contributed by atoms with van der Waals surface area (Å²) in [5, 5.41) is 3.30. The molecule has 116 valence electrons. The molecule has 1 heterocycles. The third-order valence-corrected chi connectivity index (χ3v) is 3.74. The van der Waals surface area contributed by atoms with Crippen LogP contribution in [0.1, 0.15) is 54.4 Å². The number of hydrogen-bond acceptors (Lipinski definition) is 3. The average Bonchev–Trinajstić information content (AvgIpc) is 2.66. The zero-order valence-corrected chi connectivity index (χ0v) is 13.8. The summed E-state index contributed by atoms with van der Waals surface area (Å²) in [4.78, 5) is 26.7. The molecule has 2 atom stereocenters. The van der Waals surface area contributed by atoms with Crippen LogP contribution in [-0.2, 0) is 9.59 Å². The van der Waals surface area contributed by atoms with E-state index in [1.165, 1.54) is 0 Å². The molecule has 1 N–H and O–H groups in total. The molecule has 1 saturated heterocycles. The zero-order valence-electron chi connectivity index (χ0n) is 13.8. The summed E-state index contributed by atoms with van der Waals surface area (Å²) in [5.74, 6) is 0.673. The minimum atomic E-state index is -0.249. The van der Waals surface area contributed by atoms with Crippen molar-refractivity contribution in [2.45, 2.75) is 72.5 Å². The van der Waals surface area contributed by atoms with Gasteiger partial charge in [0, 0.05) is 18.5 Å². The molecule has 4 heteroatoms. The Morgan fingerprint density at radius 1 is 1.25 bits per heavy atom. The van der Waals surface area contributed by atoms with Crippen LogP contribution in [-0.4, -0.2) is 41.3 Å². The topological polar surface area (TPSA) is 49.4 Å². The second-order valence-electron chi connectivity index (χ2n) is 6.90. The summed E-state index contributed by atoms with van der Waals surface area (Å²) in [6.07, 6.45) is 1.56. The van der Waals surface area contributed by atoms with Gasteiger partial charge in [0.15, 0.2) is 5.78 Å². The standard InChI is InChI=1S/C16H30N2O2/c1-10(2)9-14(15(19)11(3)4)18-8-7-13(16(18)20)17-12(5)6/h10-14,17H,7-9H2,1-6H3. The number of nitrogens with one attached hydrogen (secondary N) is 1. The van der Waals surface area contributed by atoms with Gasteiger partial charge in [0.25, 0.3) is 0 Å². The van der Waals surface area contributed by atoms with Gasteiger partial charge in [-0.3, -0.25) is 9.59 Å². The first-order valence-electron chi connectivity index (χ1n) is 7.84. The SMILES string of the molecule is CC(C)CC(C(=O)C(C)C)N1CCC(NC(C)C)C1=O. The number of amides is 1. The van der Waals surface area contributed by atoms with Crippen LogP contribution in [0.5, 0.6) is 0 Å². The van der Waals surface area contributed by atoms with Crippen LogP contribution in [0.3, 0.4) is 0 Å². The molecule has 0 bridgehead atoms. The third kappa shape index (κ3) is 4.30. The number of likely N-dealkylation sites (tertiary alicyclic amines) is 1. The van der Waals surface area contributed by atoms with Crippen molar-refractivity contribution in [3.05, 3.63) is 0 Å². The molecule has 0 aliphatic carbocycles. The summed E-state index contributed by atoms with van der Waals surface area (Å²) in [7, 11) is 0. The molecular formula is C16H30N2O2. The fourth-order valence-corrected chi connectivity index (χ4v) is 2.80. The van der Waals surface area contributed by atoms with Crippen molar-refractivity contribution in [2.75, 3.05) is 6.54 Å². The largest absolute Gasteiger partial charge is 0.331 e. The van der Waals surface area contributed by atoms with E-state index in [2.05, 4.69) is 19.2 Å². The quantitative estimate of drug-likeness (QED) is 0.779. The van der Waals surface area contributed by atoms with Crippen molar-refractivity contribution >= 4 is 11.7 Å². The summed E-state index contributed by atoms with van der Waals surface area (Å²) in [6, 6.07) is -0.0839. The lowest BCUT2D eigenvalue weighted by Gasteiger charge is -2.30. The van der Waals surface area contributed by atoms with E-state index >= 15 is 0 Å². The normalized spacial score (nSPS) is 21.4. The van der Waals surface area contributed by atoms with Gasteiger partial charge in [-0.15, -0.1) is 0 Å². The Hall–Kier alpha value is -0.900. The maximum absolute atomic E-state index is 12.5. The Balaban J connectivity index is 2.82. The highest BCUT2D eigenvalue weighted by atomic mass is 16.2.